The van der Waals surface area contributed by atoms with Gasteiger partial charge in [-0.25, -0.2) is 0 Å². The summed E-state index contributed by atoms with van der Waals surface area (Å²) in [7, 11) is 0. The van der Waals surface area contributed by atoms with E-state index in [2.05, 4.69) is 48.7 Å². The molecule has 1 aromatic rings. The van der Waals surface area contributed by atoms with Crippen molar-refractivity contribution in [2.24, 2.45) is 11.8 Å². The second kappa shape index (κ2) is 7.24. The maximum Gasteiger partial charge on any atom is 0.0720 e. The number of hydrogen-bond acceptors (Lipinski definition) is 2. The lowest BCUT2D eigenvalue weighted by atomic mass is 9.85. The average Bonchev–Trinajstić information content (AvgIpc) is 3.32. The zero-order valence-corrected chi connectivity index (χ0v) is 13.1. The van der Waals surface area contributed by atoms with Crippen molar-refractivity contribution in [2.75, 3.05) is 6.61 Å². The molecule has 0 aromatic heterocycles. The van der Waals surface area contributed by atoms with E-state index < -0.39 is 0 Å². The molecule has 3 rings (SSSR count). The van der Waals surface area contributed by atoms with E-state index in [0.717, 1.165) is 31.7 Å². The van der Waals surface area contributed by atoms with Crippen molar-refractivity contribution in [1.29, 1.82) is 0 Å². The highest BCUT2D eigenvalue weighted by Crippen LogP contribution is 2.25. The highest BCUT2D eigenvalue weighted by Gasteiger charge is 2.21. The summed E-state index contributed by atoms with van der Waals surface area (Å²) in [5.41, 5.74) is 2.73. The Kier molecular flexibility index (Phi) is 5.10. The summed E-state index contributed by atoms with van der Waals surface area (Å²) in [6, 6.07) is 9.43. The first kappa shape index (κ1) is 14.8. The number of ether oxygens (including phenoxy) is 1. The van der Waals surface area contributed by atoms with Gasteiger partial charge in [-0.1, -0.05) is 43.3 Å². The van der Waals surface area contributed by atoms with Crippen LogP contribution < -0.4 is 5.32 Å². The molecule has 2 heteroatoms. The van der Waals surface area contributed by atoms with Crippen molar-refractivity contribution in [3.8, 4) is 0 Å². The maximum atomic E-state index is 6.03. The largest absolute Gasteiger partial charge is 0.376 e. The molecule has 2 nitrogen and oxygen atoms in total. The van der Waals surface area contributed by atoms with Crippen molar-refractivity contribution >= 4 is 0 Å². The molecule has 2 atom stereocenters. The van der Waals surface area contributed by atoms with Crippen LogP contribution in [0.4, 0.5) is 0 Å². The minimum absolute atomic E-state index is 0.687. The Morgan fingerprint density at radius 1 is 1.10 bits per heavy atom. The highest BCUT2D eigenvalue weighted by atomic mass is 16.5. The molecule has 21 heavy (non-hydrogen) atoms. The SMILES string of the molecule is CC1CC=CCC1COCc1ccccc1CNC1CC1. The number of allylic oxidation sites excluding steroid dienone is 2. The van der Waals surface area contributed by atoms with Crippen LogP contribution in [-0.4, -0.2) is 12.6 Å². The number of benzene rings is 1. The quantitative estimate of drug-likeness (QED) is 0.763. The lowest BCUT2D eigenvalue weighted by Crippen LogP contribution is -2.20. The van der Waals surface area contributed by atoms with Gasteiger partial charge < -0.3 is 10.1 Å². The fraction of sp³-hybridized carbons (Fsp3) is 0.579. The van der Waals surface area contributed by atoms with Gasteiger partial charge in [0.25, 0.3) is 0 Å². The van der Waals surface area contributed by atoms with Crippen LogP contribution >= 0.6 is 0 Å². The van der Waals surface area contributed by atoms with Crippen LogP contribution in [0.15, 0.2) is 36.4 Å². The zero-order valence-electron chi connectivity index (χ0n) is 13.1. The Hall–Kier alpha value is -1.12. The summed E-state index contributed by atoms with van der Waals surface area (Å²) in [6.07, 6.45) is 9.67. The first-order chi connectivity index (χ1) is 10.3. The molecule has 0 spiro atoms. The predicted molar refractivity (Wildman–Crippen MR) is 87.0 cm³/mol. The average molecular weight is 285 g/mol. The summed E-state index contributed by atoms with van der Waals surface area (Å²) in [5.74, 6) is 1.44. The Bertz CT molecular complexity index is 478. The third kappa shape index (κ3) is 4.42. The van der Waals surface area contributed by atoms with Crippen molar-refractivity contribution in [1.82, 2.24) is 5.32 Å². The molecule has 114 valence electrons. The minimum Gasteiger partial charge on any atom is -0.376 e. The van der Waals surface area contributed by atoms with Crippen molar-refractivity contribution in [3.05, 3.63) is 47.5 Å². The first-order valence-electron chi connectivity index (χ1n) is 8.36. The van der Waals surface area contributed by atoms with Crippen LogP contribution in [0, 0.1) is 11.8 Å². The topological polar surface area (TPSA) is 21.3 Å². The molecule has 1 saturated carbocycles. The molecular weight excluding hydrogens is 258 g/mol. The van der Waals surface area contributed by atoms with Gasteiger partial charge >= 0.3 is 0 Å². The van der Waals surface area contributed by atoms with E-state index >= 15 is 0 Å². The van der Waals surface area contributed by atoms with Gasteiger partial charge in [-0.3, -0.25) is 0 Å². The van der Waals surface area contributed by atoms with Crippen molar-refractivity contribution in [3.63, 3.8) is 0 Å². The molecule has 1 N–H and O–H groups in total. The monoisotopic (exact) mass is 285 g/mol. The van der Waals surface area contributed by atoms with Crippen LogP contribution in [0.3, 0.4) is 0 Å². The zero-order chi connectivity index (χ0) is 14.5. The molecule has 2 unspecified atom stereocenters. The molecule has 2 aliphatic carbocycles. The highest BCUT2D eigenvalue weighted by molar-refractivity contribution is 5.26. The van der Waals surface area contributed by atoms with Gasteiger partial charge in [0.05, 0.1) is 13.2 Å². The molecule has 0 saturated heterocycles. The van der Waals surface area contributed by atoms with Crippen LogP contribution in [0.5, 0.6) is 0 Å². The van der Waals surface area contributed by atoms with E-state index in [-0.39, 0.29) is 0 Å². The molecule has 1 fully saturated rings. The lowest BCUT2D eigenvalue weighted by molar-refractivity contribution is 0.0676. The lowest BCUT2D eigenvalue weighted by Gasteiger charge is -2.25. The molecule has 0 amide bonds. The Morgan fingerprint density at radius 2 is 1.86 bits per heavy atom. The fourth-order valence-corrected chi connectivity index (χ4v) is 2.97. The van der Waals surface area contributed by atoms with Gasteiger partial charge in [-0.2, -0.15) is 0 Å². The first-order valence-corrected chi connectivity index (χ1v) is 8.36. The van der Waals surface area contributed by atoms with Crippen LogP contribution in [0.2, 0.25) is 0 Å². The van der Waals surface area contributed by atoms with Crippen LogP contribution in [-0.2, 0) is 17.9 Å². The summed E-state index contributed by atoms with van der Waals surface area (Å²) >= 11 is 0. The second-order valence-electron chi connectivity index (χ2n) is 6.62. The van der Waals surface area contributed by atoms with Gasteiger partial charge in [0.15, 0.2) is 0 Å². The van der Waals surface area contributed by atoms with Gasteiger partial charge in [-0.15, -0.1) is 0 Å². The fourth-order valence-electron chi connectivity index (χ4n) is 2.97. The van der Waals surface area contributed by atoms with Crippen molar-refractivity contribution < 1.29 is 4.74 Å². The Balaban J connectivity index is 1.48. The molecule has 1 aromatic carbocycles. The van der Waals surface area contributed by atoms with Crippen molar-refractivity contribution in [2.45, 2.75) is 51.8 Å². The van der Waals surface area contributed by atoms with E-state index in [9.17, 15) is 0 Å². The van der Waals surface area contributed by atoms with Gasteiger partial charge in [-0.05, 0) is 48.6 Å². The molecule has 2 aliphatic rings. The van der Waals surface area contributed by atoms with E-state index in [4.69, 9.17) is 4.74 Å². The van der Waals surface area contributed by atoms with E-state index in [1.54, 1.807) is 0 Å². The predicted octanol–water partition coefficient (Wildman–Crippen LogP) is 4.06. The van der Waals surface area contributed by atoms with Gasteiger partial charge in [0.2, 0.25) is 0 Å². The van der Waals surface area contributed by atoms with E-state index in [1.807, 2.05) is 0 Å². The number of hydrogen-bond donors (Lipinski definition) is 1. The molecule has 0 bridgehead atoms. The van der Waals surface area contributed by atoms with Crippen LogP contribution in [0.1, 0.15) is 43.7 Å². The van der Waals surface area contributed by atoms with Gasteiger partial charge in [0.1, 0.15) is 0 Å². The molecule has 0 radical (unpaired) electrons. The van der Waals surface area contributed by atoms with Gasteiger partial charge in [0, 0.05) is 12.6 Å². The number of rotatable bonds is 7. The molecular formula is C19H27NO. The normalized spacial score (nSPS) is 25.2. The Morgan fingerprint density at radius 3 is 2.62 bits per heavy atom. The second-order valence-corrected chi connectivity index (χ2v) is 6.62. The molecule has 0 heterocycles. The summed E-state index contributed by atoms with van der Waals surface area (Å²) < 4.78 is 6.03. The van der Waals surface area contributed by atoms with E-state index in [1.165, 1.54) is 36.8 Å². The van der Waals surface area contributed by atoms with E-state index in [0.29, 0.717) is 5.92 Å². The standard InChI is InChI=1S/C19H27NO/c1-15-6-2-3-8-17(15)13-21-14-18-9-5-4-7-16(18)12-20-19-10-11-19/h2-5,7,9,15,17,19-20H,6,8,10-14H2,1H3. The maximum absolute atomic E-state index is 6.03. The third-order valence-electron chi connectivity index (χ3n) is 4.78. The summed E-state index contributed by atoms with van der Waals surface area (Å²) in [5, 5.41) is 3.60. The summed E-state index contributed by atoms with van der Waals surface area (Å²) in [6.45, 7) is 4.95. The Labute approximate surface area is 128 Å². The smallest absolute Gasteiger partial charge is 0.0720 e. The third-order valence-corrected chi connectivity index (χ3v) is 4.78. The van der Waals surface area contributed by atoms with Crippen LogP contribution in [0.25, 0.3) is 0 Å². The summed E-state index contributed by atoms with van der Waals surface area (Å²) in [4.78, 5) is 0. The number of nitrogens with one attached hydrogen (secondary N) is 1. The molecule has 0 aliphatic heterocycles. The minimum atomic E-state index is 0.687.